The lowest BCUT2D eigenvalue weighted by molar-refractivity contribution is -0.118. The smallest absolute Gasteiger partial charge is 0.270 e. The number of nitrogens with one attached hydrogen (secondary N) is 1. The molecular formula is C18H22N4O2. The Balaban J connectivity index is 1.79. The lowest BCUT2D eigenvalue weighted by Gasteiger charge is -2.22. The minimum atomic E-state index is -0.493. The van der Waals surface area contributed by atoms with Crippen LogP contribution in [0.3, 0.4) is 0 Å². The number of anilines is 1. The summed E-state index contributed by atoms with van der Waals surface area (Å²) in [5, 5.41) is 6.82. The molecule has 1 atom stereocenters. The van der Waals surface area contributed by atoms with Gasteiger partial charge in [-0.2, -0.15) is 5.10 Å². The molecule has 3 rings (SSSR count). The van der Waals surface area contributed by atoms with E-state index in [1.54, 1.807) is 24.2 Å². The average Bonchev–Trinajstić information content (AvgIpc) is 3.06. The molecule has 2 amide bonds. The Hall–Kier alpha value is -2.63. The first-order chi connectivity index (χ1) is 11.4. The summed E-state index contributed by atoms with van der Waals surface area (Å²) in [5.41, 5.74) is 4.76. The molecule has 0 radical (unpaired) electrons. The van der Waals surface area contributed by atoms with Gasteiger partial charge in [-0.3, -0.25) is 14.3 Å². The van der Waals surface area contributed by atoms with Crippen LogP contribution in [0, 0.1) is 20.8 Å². The Morgan fingerprint density at radius 3 is 2.50 bits per heavy atom. The van der Waals surface area contributed by atoms with Gasteiger partial charge in [0.25, 0.3) is 5.91 Å². The Morgan fingerprint density at radius 2 is 1.92 bits per heavy atom. The lowest BCUT2D eigenvalue weighted by Crippen LogP contribution is -2.42. The van der Waals surface area contributed by atoms with Gasteiger partial charge in [0, 0.05) is 25.5 Å². The molecule has 1 saturated heterocycles. The molecule has 0 bridgehead atoms. The molecule has 0 unspecified atom stereocenters. The van der Waals surface area contributed by atoms with Crippen LogP contribution in [-0.2, 0) is 11.8 Å². The van der Waals surface area contributed by atoms with Crippen molar-refractivity contribution in [1.82, 2.24) is 15.1 Å². The summed E-state index contributed by atoms with van der Waals surface area (Å²) in [5.74, 6) is -0.326. The molecule has 1 fully saturated rings. The molecule has 1 aliphatic heterocycles. The van der Waals surface area contributed by atoms with Crippen LogP contribution >= 0.6 is 0 Å². The highest BCUT2D eigenvalue weighted by atomic mass is 16.2. The van der Waals surface area contributed by atoms with Crippen molar-refractivity contribution in [1.29, 1.82) is 0 Å². The van der Waals surface area contributed by atoms with E-state index in [0.717, 1.165) is 16.8 Å². The number of carbonyl (C=O) groups is 2. The van der Waals surface area contributed by atoms with Gasteiger partial charge in [-0.05, 0) is 44.4 Å². The van der Waals surface area contributed by atoms with E-state index in [2.05, 4.69) is 22.5 Å². The Kier molecular flexibility index (Phi) is 4.13. The zero-order valence-corrected chi connectivity index (χ0v) is 14.5. The van der Waals surface area contributed by atoms with Crippen LogP contribution in [0.15, 0.2) is 24.4 Å². The Morgan fingerprint density at radius 1 is 1.25 bits per heavy atom. The van der Waals surface area contributed by atoms with Gasteiger partial charge < -0.3 is 10.2 Å². The zero-order chi connectivity index (χ0) is 17.4. The summed E-state index contributed by atoms with van der Waals surface area (Å²) < 4.78 is 1.50. The van der Waals surface area contributed by atoms with Crippen LogP contribution in [0.5, 0.6) is 0 Å². The van der Waals surface area contributed by atoms with E-state index in [9.17, 15) is 9.59 Å². The van der Waals surface area contributed by atoms with E-state index in [1.165, 1.54) is 10.2 Å². The quantitative estimate of drug-likeness (QED) is 0.936. The maximum Gasteiger partial charge on any atom is 0.270 e. The largest absolute Gasteiger partial charge is 0.339 e. The fourth-order valence-electron chi connectivity index (χ4n) is 3.46. The molecule has 126 valence electrons. The summed E-state index contributed by atoms with van der Waals surface area (Å²) in [6, 6.07) is 5.31. The zero-order valence-electron chi connectivity index (χ0n) is 14.5. The van der Waals surface area contributed by atoms with E-state index < -0.39 is 6.04 Å². The van der Waals surface area contributed by atoms with E-state index >= 15 is 0 Å². The van der Waals surface area contributed by atoms with Crippen molar-refractivity contribution in [2.45, 2.75) is 33.2 Å². The van der Waals surface area contributed by atoms with Gasteiger partial charge in [0.2, 0.25) is 5.91 Å². The van der Waals surface area contributed by atoms with Crippen LogP contribution in [0.4, 0.5) is 5.69 Å². The summed E-state index contributed by atoms with van der Waals surface area (Å²) in [6.07, 6.45) is 2.17. The molecule has 6 nitrogen and oxygen atoms in total. The third kappa shape index (κ3) is 2.79. The average molecular weight is 326 g/mol. The monoisotopic (exact) mass is 326 g/mol. The standard InChI is InChI=1S/C18H22N4O2/c1-11-9-12(2)16(13(3)10-11)22-8-6-14(18(22)24)20-17(23)15-5-7-19-21(15)4/h5,7,9-10,14H,6,8H2,1-4H3,(H,20,23)/t14-/m1/s1. The molecule has 1 N–H and O–H groups in total. The first-order valence-electron chi connectivity index (χ1n) is 8.06. The number of hydrogen-bond acceptors (Lipinski definition) is 3. The van der Waals surface area contributed by atoms with Gasteiger partial charge in [0.05, 0.1) is 0 Å². The van der Waals surface area contributed by atoms with Crippen LogP contribution in [-0.4, -0.2) is 34.2 Å². The second-order valence-electron chi connectivity index (χ2n) is 6.39. The number of carbonyl (C=O) groups excluding carboxylic acids is 2. The SMILES string of the molecule is Cc1cc(C)c(N2CC[C@@H](NC(=O)c3ccnn3C)C2=O)c(C)c1. The molecule has 2 heterocycles. The fraction of sp³-hybridized carbons (Fsp3) is 0.389. The van der Waals surface area contributed by atoms with E-state index in [1.807, 2.05) is 20.8 Å². The maximum atomic E-state index is 12.8. The molecule has 1 aromatic carbocycles. The van der Waals surface area contributed by atoms with Crippen molar-refractivity contribution in [3.05, 3.63) is 46.8 Å². The number of amides is 2. The minimum absolute atomic E-state index is 0.0550. The van der Waals surface area contributed by atoms with Crippen molar-refractivity contribution < 1.29 is 9.59 Å². The normalized spacial score (nSPS) is 17.4. The highest BCUT2D eigenvalue weighted by molar-refractivity contribution is 6.04. The third-order valence-corrected chi connectivity index (χ3v) is 4.47. The topological polar surface area (TPSA) is 67.2 Å². The third-order valence-electron chi connectivity index (χ3n) is 4.47. The van der Waals surface area contributed by atoms with Crippen molar-refractivity contribution in [3.8, 4) is 0 Å². The van der Waals surface area contributed by atoms with Gasteiger partial charge in [0.15, 0.2) is 0 Å². The number of hydrogen-bond donors (Lipinski definition) is 1. The Bertz CT molecular complexity index is 786. The molecule has 24 heavy (non-hydrogen) atoms. The van der Waals surface area contributed by atoms with Crippen molar-refractivity contribution >= 4 is 17.5 Å². The number of benzene rings is 1. The number of aryl methyl sites for hydroxylation is 4. The second kappa shape index (κ2) is 6.11. The summed E-state index contributed by atoms with van der Waals surface area (Å²) >= 11 is 0. The molecule has 1 aliphatic rings. The Labute approximate surface area is 141 Å². The number of rotatable bonds is 3. The van der Waals surface area contributed by atoms with Crippen LogP contribution in [0.2, 0.25) is 0 Å². The highest BCUT2D eigenvalue weighted by Crippen LogP contribution is 2.30. The van der Waals surface area contributed by atoms with Crippen LogP contribution < -0.4 is 10.2 Å². The summed E-state index contributed by atoms with van der Waals surface area (Å²) in [6.45, 7) is 6.70. The fourth-order valence-corrected chi connectivity index (χ4v) is 3.46. The molecule has 6 heteroatoms. The van der Waals surface area contributed by atoms with Gasteiger partial charge in [-0.15, -0.1) is 0 Å². The summed E-state index contributed by atoms with van der Waals surface area (Å²) in [4.78, 5) is 26.9. The maximum absolute atomic E-state index is 12.8. The lowest BCUT2D eigenvalue weighted by atomic mass is 10.0. The van der Waals surface area contributed by atoms with E-state index in [-0.39, 0.29) is 11.8 Å². The number of nitrogens with zero attached hydrogens (tertiary/aromatic N) is 3. The predicted molar refractivity (Wildman–Crippen MR) is 92.1 cm³/mol. The van der Waals surface area contributed by atoms with Gasteiger partial charge in [-0.25, -0.2) is 0 Å². The first kappa shape index (κ1) is 16.2. The minimum Gasteiger partial charge on any atom is -0.339 e. The molecule has 0 aliphatic carbocycles. The summed E-state index contributed by atoms with van der Waals surface area (Å²) in [7, 11) is 1.71. The second-order valence-corrected chi connectivity index (χ2v) is 6.39. The molecule has 0 saturated carbocycles. The van der Waals surface area contributed by atoms with Crippen molar-refractivity contribution in [2.75, 3.05) is 11.4 Å². The molecule has 1 aromatic heterocycles. The van der Waals surface area contributed by atoms with Gasteiger partial charge in [0.1, 0.15) is 11.7 Å². The molecule has 0 spiro atoms. The van der Waals surface area contributed by atoms with Crippen molar-refractivity contribution in [3.63, 3.8) is 0 Å². The predicted octanol–water partition coefficient (Wildman–Crippen LogP) is 1.88. The highest BCUT2D eigenvalue weighted by Gasteiger charge is 2.35. The van der Waals surface area contributed by atoms with Crippen LogP contribution in [0.1, 0.15) is 33.6 Å². The van der Waals surface area contributed by atoms with E-state index in [4.69, 9.17) is 0 Å². The molecule has 2 aromatic rings. The van der Waals surface area contributed by atoms with E-state index in [0.29, 0.717) is 18.7 Å². The van der Waals surface area contributed by atoms with Gasteiger partial charge >= 0.3 is 0 Å². The molecular weight excluding hydrogens is 304 g/mol. The van der Waals surface area contributed by atoms with Crippen LogP contribution in [0.25, 0.3) is 0 Å². The van der Waals surface area contributed by atoms with Crippen molar-refractivity contribution in [2.24, 2.45) is 7.05 Å². The van der Waals surface area contributed by atoms with Gasteiger partial charge in [-0.1, -0.05) is 17.7 Å². The number of aromatic nitrogens is 2. The first-order valence-corrected chi connectivity index (χ1v) is 8.06.